The summed E-state index contributed by atoms with van der Waals surface area (Å²) in [4.78, 5) is 11.7. The molecule has 1 fully saturated rings. The lowest BCUT2D eigenvalue weighted by Gasteiger charge is -2.32. The van der Waals surface area contributed by atoms with E-state index in [1.807, 2.05) is 52.0 Å². The quantitative estimate of drug-likeness (QED) is 0.733. The lowest BCUT2D eigenvalue weighted by molar-refractivity contribution is -0.114. The van der Waals surface area contributed by atoms with Gasteiger partial charge in [0.25, 0.3) is 0 Å². The Balaban J connectivity index is 2.02. The fourth-order valence-corrected chi connectivity index (χ4v) is 2.59. The van der Waals surface area contributed by atoms with Gasteiger partial charge in [-0.2, -0.15) is 0 Å². The standard InChI is InChI=1S/C16H19BO3/c1-15(2)16(3,4)20-17(19-15)14-7-5-6-11-8-9-12(18)10-13(11)14/h5-9H,10H2,1-4H3. The summed E-state index contributed by atoms with van der Waals surface area (Å²) >= 11 is 0. The molecule has 0 N–H and O–H groups in total. The molecule has 0 radical (unpaired) electrons. The van der Waals surface area contributed by atoms with Crippen molar-refractivity contribution in [3.8, 4) is 0 Å². The molecule has 1 aromatic carbocycles. The third-order valence-electron chi connectivity index (χ3n) is 4.56. The zero-order valence-electron chi connectivity index (χ0n) is 12.4. The van der Waals surface area contributed by atoms with Crippen LogP contribution < -0.4 is 5.46 Å². The molecule has 1 aromatic rings. The van der Waals surface area contributed by atoms with Crippen molar-refractivity contribution in [1.82, 2.24) is 0 Å². The molecule has 0 bridgehead atoms. The van der Waals surface area contributed by atoms with E-state index in [-0.39, 0.29) is 17.0 Å². The van der Waals surface area contributed by atoms with Crippen LogP contribution in [-0.2, 0) is 20.5 Å². The van der Waals surface area contributed by atoms with Crippen molar-refractivity contribution in [1.29, 1.82) is 0 Å². The van der Waals surface area contributed by atoms with Gasteiger partial charge in [-0.25, -0.2) is 0 Å². The molecule has 1 saturated heterocycles. The van der Waals surface area contributed by atoms with Crippen molar-refractivity contribution in [2.75, 3.05) is 0 Å². The van der Waals surface area contributed by atoms with Crippen molar-refractivity contribution < 1.29 is 14.1 Å². The van der Waals surface area contributed by atoms with Gasteiger partial charge in [0.05, 0.1) is 11.2 Å². The molecule has 1 heterocycles. The smallest absolute Gasteiger partial charge is 0.399 e. The average Bonchev–Trinajstić information content (AvgIpc) is 2.57. The van der Waals surface area contributed by atoms with E-state index in [2.05, 4.69) is 0 Å². The van der Waals surface area contributed by atoms with E-state index in [9.17, 15) is 4.79 Å². The molecule has 20 heavy (non-hydrogen) atoms. The second-order valence-electron chi connectivity index (χ2n) is 6.48. The van der Waals surface area contributed by atoms with E-state index in [1.54, 1.807) is 6.08 Å². The summed E-state index contributed by atoms with van der Waals surface area (Å²) < 4.78 is 12.2. The van der Waals surface area contributed by atoms with Crippen LogP contribution in [-0.4, -0.2) is 24.1 Å². The highest BCUT2D eigenvalue weighted by molar-refractivity contribution is 6.62. The Bertz CT molecular complexity index is 586. The lowest BCUT2D eigenvalue weighted by Crippen LogP contribution is -2.41. The summed E-state index contributed by atoms with van der Waals surface area (Å²) in [5.41, 5.74) is 2.35. The summed E-state index contributed by atoms with van der Waals surface area (Å²) in [7, 11) is -0.408. The molecular formula is C16H19BO3. The van der Waals surface area contributed by atoms with Gasteiger partial charge in [-0.05, 0) is 50.4 Å². The molecule has 0 saturated carbocycles. The normalized spacial score (nSPS) is 23.0. The zero-order chi connectivity index (χ0) is 14.5. The van der Waals surface area contributed by atoms with Gasteiger partial charge in [0.15, 0.2) is 5.78 Å². The third-order valence-corrected chi connectivity index (χ3v) is 4.56. The number of carbonyl (C=O) groups is 1. The van der Waals surface area contributed by atoms with Crippen LogP contribution in [0.1, 0.15) is 38.8 Å². The molecule has 0 spiro atoms. The maximum Gasteiger partial charge on any atom is 0.495 e. The number of hydrogen-bond acceptors (Lipinski definition) is 3. The molecule has 3 rings (SSSR count). The lowest BCUT2D eigenvalue weighted by atomic mass is 9.72. The summed E-state index contributed by atoms with van der Waals surface area (Å²) in [5.74, 6) is 0.126. The van der Waals surface area contributed by atoms with Gasteiger partial charge >= 0.3 is 7.12 Å². The van der Waals surface area contributed by atoms with Gasteiger partial charge in [0, 0.05) is 6.42 Å². The Hall–Kier alpha value is -1.39. The van der Waals surface area contributed by atoms with E-state index in [1.165, 1.54) is 0 Å². The topological polar surface area (TPSA) is 35.5 Å². The minimum atomic E-state index is -0.408. The van der Waals surface area contributed by atoms with Gasteiger partial charge < -0.3 is 9.31 Å². The van der Waals surface area contributed by atoms with Crippen LogP contribution >= 0.6 is 0 Å². The van der Waals surface area contributed by atoms with Crippen molar-refractivity contribution in [2.45, 2.75) is 45.3 Å². The van der Waals surface area contributed by atoms with Crippen molar-refractivity contribution in [3.05, 3.63) is 35.4 Å². The molecule has 1 aliphatic carbocycles. The molecule has 4 heteroatoms. The van der Waals surface area contributed by atoms with Crippen LogP contribution in [0, 0.1) is 0 Å². The van der Waals surface area contributed by atoms with Gasteiger partial charge in [-0.1, -0.05) is 24.3 Å². The second-order valence-corrected chi connectivity index (χ2v) is 6.48. The minimum absolute atomic E-state index is 0.126. The monoisotopic (exact) mass is 270 g/mol. The molecule has 0 aromatic heterocycles. The first-order chi connectivity index (χ1) is 9.30. The van der Waals surface area contributed by atoms with Crippen molar-refractivity contribution in [3.63, 3.8) is 0 Å². The SMILES string of the molecule is CC1(C)OB(c2cccc3c2CC(=O)C=C3)OC1(C)C. The summed E-state index contributed by atoms with van der Waals surface area (Å²) in [6, 6.07) is 6.00. The van der Waals surface area contributed by atoms with Crippen LogP contribution in [0.2, 0.25) is 0 Å². The first kappa shape index (κ1) is 13.6. The molecule has 2 aliphatic rings. The van der Waals surface area contributed by atoms with Crippen molar-refractivity contribution in [2.24, 2.45) is 0 Å². The third kappa shape index (κ3) is 2.04. The summed E-state index contributed by atoms with van der Waals surface area (Å²) in [6.07, 6.45) is 3.93. The van der Waals surface area contributed by atoms with Crippen molar-refractivity contribution >= 4 is 24.4 Å². The fourth-order valence-electron chi connectivity index (χ4n) is 2.59. The molecule has 1 aliphatic heterocycles. The van der Waals surface area contributed by atoms with E-state index >= 15 is 0 Å². The number of ketones is 1. The Morgan fingerprint density at radius 2 is 1.70 bits per heavy atom. The van der Waals surface area contributed by atoms with Gasteiger partial charge in [0.2, 0.25) is 0 Å². The minimum Gasteiger partial charge on any atom is -0.399 e. The Labute approximate surface area is 120 Å². The number of carbonyl (C=O) groups excluding carboxylic acids is 1. The highest BCUT2D eigenvalue weighted by atomic mass is 16.7. The molecule has 0 atom stereocenters. The van der Waals surface area contributed by atoms with Gasteiger partial charge in [0.1, 0.15) is 0 Å². The Kier molecular flexibility index (Phi) is 2.92. The molecular weight excluding hydrogens is 251 g/mol. The summed E-state index contributed by atoms with van der Waals surface area (Å²) in [6.45, 7) is 8.14. The number of hydrogen-bond donors (Lipinski definition) is 0. The molecule has 3 nitrogen and oxygen atoms in total. The van der Waals surface area contributed by atoms with E-state index in [4.69, 9.17) is 9.31 Å². The average molecular weight is 270 g/mol. The van der Waals surface area contributed by atoms with Crippen LogP contribution in [0.3, 0.4) is 0 Å². The number of allylic oxidation sites excluding steroid dienone is 1. The first-order valence-electron chi connectivity index (χ1n) is 6.98. The van der Waals surface area contributed by atoms with E-state index < -0.39 is 7.12 Å². The van der Waals surface area contributed by atoms with Crippen LogP contribution in [0.15, 0.2) is 24.3 Å². The highest BCUT2D eigenvalue weighted by Crippen LogP contribution is 2.37. The summed E-state index contributed by atoms with van der Waals surface area (Å²) in [5, 5.41) is 0. The molecule has 0 amide bonds. The maximum absolute atomic E-state index is 11.7. The van der Waals surface area contributed by atoms with Crippen LogP contribution in [0.25, 0.3) is 6.08 Å². The zero-order valence-corrected chi connectivity index (χ0v) is 12.4. The van der Waals surface area contributed by atoms with Gasteiger partial charge in [-0.3, -0.25) is 4.79 Å². The Morgan fingerprint density at radius 3 is 2.35 bits per heavy atom. The van der Waals surface area contributed by atoms with E-state index in [0.717, 1.165) is 16.6 Å². The predicted octanol–water partition coefficient (Wildman–Crippen LogP) is 2.12. The largest absolute Gasteiger partial charge is 0.495 e. The van der Waals surface area contributed by atoms with Crippen LogP contribution in [0.5, 0.6) is 0 Å². The predicted molar refractivity (Wildman–Crippen MR) is 79.9 cm³/mol. The molecule has 0 unspecified atom stereocenters. The number of fused-ring (bicyclic) bond motifs is 1. The van der Waals surface area contributed by atoms with Crippen LogP contribution in [0.4, 0.5) is 0 Å². The maximum atomic E-state index is 11.7. The molecule has 104 valence electrons. The van der Waals surface area contributed by atoms with Gasteiger partial charge in [-0.15, -0.1) is 0 Å². The number of benzene rings is 1. The number of rotatable bonds is 1. The highest BCUT2D eigenvalue weighted by Gasteiger charge is 2.52. The fraction of sp³-hybridized carbons (Fsp3) is 0.438. The Morgan fingerprint density at radius 1 is 1.05 bits per heavy atom. The van der Waals surface area contributed by atoms with E-state index in [0.29, 0.717) is 6.42 Å². The second kappa shape index (κ2) is 4.30. The first-order valence-corrected chi connectivity index (χ1v) is 6.98.